The van der Waals surface area contributed by atoms with Crippen molar-refractivity contribution in [2.75, 3.05) is 6.61 Å². The lowest BCUT2D eigenvalue weighted by Crippen LogP contribution is -2.45. The van der Waals surface area contributed by atoms with Crippen molar-refractivity contribution in [2.45, 2.75) is 25.9 Å². The van der Waals surface area contributed by atoms with Gasteiger partial charge in [-0.15, -0.1) is 0 Å². The zero-order valence-corrected chi connectivity index (χ0v) is 10.3. The van der Waals surface area contributed by atoms with Crippen LogP contribution in [0.2, 0.25) is 0 Å². The Balaban J connectivity index is 2.68. The molecular weight excluding hydrogens is 216 g/mol. The highest BCUT2D eigenvalue weighted by molar-refractivity contribution is 5.82. The summed E-state index contributed by atoms with van der Waals surface area (Å²) in [5, 5.41) is 12.0. The number of carbonyl (C=O) groups excluding carboxylic acids is 1. The van der Waals surface area contributed by atoms with Crippen molar-refractivity contribution in [1.82, 2.24) is 5.32 Å². The third-order valence-corrected chi connectivity index (χ3v) is 2.72. The predicted molar refractivity (Wildman–Crippen MR) is 67.2 cm³/mol. The fourth-order valence-corrected chi connectivity index (χ4v) is 1.49. The lowest BCUT2D eigenvalue weighted by atomic mass is 10.0. The number of hydrogen-bond donors (Lipinski definition) is 3. The van der Waals surface area contributed by atoms with Crippen molar-refractivity contribution in [2.24, 2.45) is 11.7 Å². The summed E-state index contributed by atoms with van der Waals surface area (Å²) in [5.74, 6) is -0.159. The van der Waals surface area contributed by atoms with Crippen molar-refractivity contribution < 1.29 is 9.90 Å². The first-order valence-corrected chi connectivity index (χ1v) is 5.78. The molecule has 4 heteroatoms. The van der Waals surface area contributed by atoms with E-state index >= 15 is 0 Å². The third kappa shape index (κ3) is 3.84. The molecule has 0 bridgehead atoms. The van der Waals surface area contributed by atoms with Crippen LogP contribution in [-0.2, 0) is 4.79 Å². The molecule has 0 aliphatic heterocycles. The molecule has 0 saturated carbocycles. The topological polar surface area (TPSA) is 75.4 Å². The number of nitrogens with two attached hydrogens (primary N) is 1. The average molecular weight is 236 g/mol. The molecule has 1 amide bonds. The van der Waals surface area contributed by atoms with Crippen molar-refractivity contribution in [1.29, 1.82) is 0 Å². The number of aliphatic hydroxyl groups excluding tert-OH is 1. The Kier molecular flexibility index (Phi) is 5.12. The summed E-state index contributed by atoms with van der Waals surface area (Å²) in [5.41, 5.74) is 6.62. The monoisotopic (exact) mass is 236 g/mol. The molecule has 0 spiro atoms. The molecule has 0 aliphatic carbocycles. The van der Waals surface area contributed by atoms with Crippen LogP contribution in [0.4, 0.5) is 0 Å². The summed E-state index contributed by atoms with van der Waals surface area (Å²) in [6.07, 6.45) is 0. The van der Waals surface area contributed by atoms with E-state index in [1.165, 1.54) is 0 Å². The average Bonchev–Trinajstić information content (AvgIpc) is 2.35. The minimum atomic E-state index is -0.548. The quantitative estimate of drug-likeness (QED) is 0.708. The maximum Gasteiger partial charge on any atom is 0.237 e. The number of nitrogens with one attached hydrogen (secondary N) is 1. The third-order valence-electron chi connectivity index (χ3n) is 2.72. The van der Waals surface area contributed by atoms with E-state index in [1.54, 1.807) is 0 Å². The van der Waals surface area contributed by atoms with Gasteiger partial charge in [0.15, 0.2) is 0 Å². The van der Waals surface area contributed by atoms with E-state index in [2.05, 4.69) is 5.32 Å². The maximum absolute atomic E-state index is 11.8. The summed E-state index contributed by atoms with van der Waals surface area (Å²) in [4.78, 5) is 11.8. The smallest absolute Gasteiger partial charge is 0.237 e. The number of aliphatic hydroxyl groups is 1. The largest absolute Gasteiger partial charge is 0.394 e. The Labute approximate surface area is 102 Å². The molecule has 0 aliphatic rings. The van der Waals surface area contributed by atoms with E-state index in [0.29, 0.717) is 0 Å². The first kappa shape index (κ1) is 13.7. The summed E-state index contributed by atoms with van der Waals surface area (Å²) < 4.78 is 0. The van der Waals surface area contributed by atoms with Gasteiger partial charge in [-0.25, -0.2) is 0 Å². The highest BCUT2D eigenvalue weighted by atomic mass is 16.3. The SMILES string of the molecule is CC(C)[C@@H](N)C(=O)N[C@H](CO)c1ccccc1. The zero-order valence-electron chi connectivity index (χ0n) is 10.3. The number of amides is 1. The van der Waals surface area contributed by atoms with Gasteiger partial charge in [-0.3, -0.25) is 4.79 Å². The molecule has 1 aromatic carbocycles. The summed E-state index contributed by atoms with van der Waals surface area (Å²) in [6.45, 7) is 3.64. The standard InChI is InChI=1S/C13H20N2O2/c1-9(2)12(14)13(17)15-11(8-16)10-6-4-3-5-7-10/h3-7,9,11-12,16H,8,14H2,1-2H3,(H,15,17)/t11-,12-/m1/s1. The van der Waals surface area contributed by atoms with Crippen LogP contribution in [-0.4, -0.2) is 23.7 Å². The predicted octanol–water partition coefficient (Wildman–Crippen LogP) is 0.819. The second-order valence-electron chi connectivity index (χ2n) is 4.42. The van der Waals surface area contributed by atoms with E-state index in [0.717, 1.165) is 5.56 Å². The van der Waals surface area contributed by atoms with E-state index in [9.17, 15) is 9.90 Å². The molecule has 2 atom stereocenters. The molecule has 0 aromatic heterocycles. The Morgan fingerprint density at radius 3 is 2.41 bits per heavy atom. The van der Waals surface area contributed by atoms with E-state index in [4.69, 9.17) is 5.73 Å². The van der Waals surface area contributed by atoms with Crippen molar-refractivity contribution in [3.8, 4) is 0 Å². The highest BCUT2D eigenvalue weighted by Crippen LogP contribution is 2.12. The van der Waals surface area contributed by atoms with Gasteiger partial charge in [0.05, 0.1) is 18.7 Å². The molecule has 1 aromatic rings. The molecule has 0 saturated heterocycles. The van der Waals surface area contributed by atoms with Gasteiger partial charge in [0.1, 0.15) is 0 Å². The Hall–Kier alpha value is -1.39. The number of hydrogen-bond acceptors (Lipinski definition) is 3. The first-order chi connectivity index (χ1) is 8.06. The van der Waals surface area contributed by atoms with Crippen LogP contribution in [0.1, 0.15) is 25.5 Å². The number of carbonyl (C=O) groups is 1. The van der Waals surface area contributed by atoms with Gasteiger partial charge in [-0.1, -0.05) is 44.2 Å². The van der Waals surface area contributed by atoms with Gasteiger partial charge in [0.2, 0.25) is 5.91 Å². The van der Waals surface area contributed by atoms with Crippen LogP contribution in [0.5, 0.6) is 0 Å². The molecule has 0 fully saturated rings. The van der Waals surface area contributed by atoms with Crippen LogP contribution in [0, 0.1) is 5.92 Å². The van der Waals surface area contributed by atoms with Gasteiger partial charge < -0.3 is 16.2 Å². The Morgan fingerprint density at radius 1 is 1.35 bits per heavy atom. The summed E-state index contributed by atoms with van der Waals surface area (Å²) in [6, 6.07) is 8.41. The lowest BCUT2D eigenvalue weighted by molar-refractivity contribution is -0.124. The molecule has 0 radical (unpaired) electrons. The summed E-state index contributed by atoms with van der Waals surface area (Å²) >= 11 is 0. The number of benzene rings is 1. The van der Waals surface area contributed by atoms with Gasteiger partial charge >= 0.3 is 0 Å². The van der Waals surface area contributed by atoms with Gasteiger partial charge in [-0.05, 0) is 11.5 Å². The van der Waals surface area contributed by atoms with Crippen LogP contribution in [0.15, 0.2) is 30.3 Å². The van der Waals surface area contributed by atoms with Gasteiger partial charge in [0.25, 0.3) is 0 Å². The van der Waals surface area contributed by atoms with Gasteiger partial charge in [0, 0.05) is 0 Å². The van der Waals surface area contributed by atoms with Crippen LogP contribution < -0.4 is 11.1 Å². The first-order valence-electron chi connectivity index (χ1n) is 5.78. The van der Waals surface area contributed by atoms with E-state index < -0.39 is 12.1 Å². The van der Waals surface area contributed by atoms with Crippen molar-refractivity contribution in [3.05, 3.63) is 35.9 Å². The minimum Gasteiger partial charge on any atom is -0.394 e. The van der Waals surface area contributed by atoms with Crippen molar-refractivity contribution >= 4 is 5.91 Å². The highest BCUT2D eigenvalue weighted by Gasteiger charge is 2.20. The zero-order chi connectivity index (χ0) is 12.8. The molecule has 0 heterocycles. The lowest BCUT2D eigenvalue weighted by Gasteiger charge is -2.21. The number of rotatable bonds is 5. The fourth-order valence-electron chi connectivity index (χ4n) is 1.49. The molecule has 94 valence electrons. The normalized spacial score (nSPS) is 14.4. The molecule has 4 nitrogen and oxygen atoms in total. The summed E-state index contributed by atoms with van der Waals surface area (Å²) in [7, 11) is 0. The second-order valence-corrected chi connectivity index (χ2v) is 4.42. The van der Waals surface area contributed by atoms with Crippen LogP contribution in [0.3, 0.4) is 0 Å². The van der Waals surface area contributed by atoms with Crippen LogP contribution >= 0.6 is 0 Å². The molecule has 17 heavy (non-hydrogen) atoms. The molecule has 1 rings (SSSR count). The van der Waals surface area contributed by atoms with Crippen molar-refractivity contribution in [3.63, 3.8) is 0 Å². The Bertz CT molecular complexity index is 352. The molecular formula is C13H20N2O2. The fraction of sp³-hybridized carbons (Fsp3) is 0.462. The Morgan fingerprint density at radius 2 is 1.94 bits per heavy atom. The molecule has 0 unspecified atom stereocenters. The van der Waals surface area contributed by atoms with E-state index in [1.807, 2.05) is 44.2 Å². The van der Waals surface area contributed by atoms with Crippen LogP contribution in [0.25, 0.3) is 0 Å². The van der Waals surface area contributed by atoms with Gasteiger partial charge in [-0.2, -0.15) is 0 Å². The second kappa shape index (κ2) is 6.37. The van der Waals surface area contributed by atoms with E-state index in [-0.39, 0.29) is 18.4 Å². The maximum atomic E-state index is 11.8. The minimum absolute atomic E-state index is 0.0742. The molecule has 4 N–H and O–H groups in total.